The van der Waals surface area contributed by atoms with Crippen LogP contribution in [0.5, 0.6) is 0 Å². The molecule has 0 bridgehead atoms. The monoisotopic (exact) mass is 344 g/mol. The van der Waals surface area contributed by atoms with Crippen LogP contribution in [-0.2, 0) is 11.2 Å². The molecule has 2 fully saturated rings. The highest BCUT2D eigenvalue weighted by Gasteiger charge is 2.49. The molecule has 7 heteroatoms. The van der Waals surface area contributed by atoms with Crippen molar-refractivity contribution < 1.29 is 14.4 Å². The second-order valence-electron chi connectivity index (χ2n) is 6.50. The number of amides is 5. The van der Waals surface area contributed by atoms with Gasteiger partial charge in [-0.25, -0.2) is 9.59 Å². The third-order valence-corrected chi connectivity index (χ3v) is 4.89. The molecule has 3 rings (SSSR count). The smallest absolute Gasteiger partial charge is 0.325 e. The minimum absolute atomic E-state index is 0.361. The molecule has 3 unspecified atom stereocenters. The molecule has 1 aromatic carbocycles. The van der Waals surface area contributed by atoms with Gasteiger partial charge in [0.15, 0.2) is 0 Å². The first-order valence-corrected chi connectivity index (χ1v) is 8.82. The third-order valence-electron chi connectivity index (χ3n) is 4.89. The highest BCUT2D eigenvalue weighted by Crippen LogP contribution is 2.32. The molecule has 0 radical (unpaired) electrons. The van der Waals surface area contributed by atoms with E-state index in [0.717, 1.165) is 24.8 Å². The summed E-state index contributed by atoms with van der Waals surface area (Å²) in [5, 5.41) is 8.03. The highest BCUT2D eigenvalue weighted by atomic mass is 16.2. The predicted molar refractivity (Wildman–Crippen MR) is 92.7 cm³/mol. The van der Waals surface area contributed by atoms with Crippen LogP contribution in [-0.4, -0.2) is 35.6 Å². The summed E-state index contributed by atoms with van der Waals surface area (Å²) in [4.78, 5) is 38.5. The van der Waals surface area contributed by atoms with Crippen LogP contribution in [0.2, 0.25) is 0 Å². The van der Waals surface area contributed by atoms with Gasteiger partial charge in [-0.05, 0) is 24.0 Å². The zero-order chi connectivity index (χ0) is 18.0. The van der Waals surface area contributed by atoms with E-state index >= 15 is 0 Å². The Balaban J connectivity index is 1.92. The van der Waals surface area contributed by atoms with Crippen LogP contribution >= 0.6 is 0 Å². The number of carbonyl (C=O) groups excluding carboxylic acids is 3. The molecule has 0 aliphatic carbocycles. The maximum atomic E-state index is 12.5. The van der Waals surface area contributed by atoms with Gasteiger partial charge in [-0.3, -0.25) is 10.1 Å². The van der Waals surface area contributed by atoms with Gasteiger partial charge in [-0.15, -0.1) is 0 Å². The minimum Gasteiger partial charge on any atom is -0.330 e. The van der Waals surface area contributed by atoms with Crippen LogP contribution in [0.25, 0.3) is 0 Å². The number of imide groups is 1. The van der Waals surface area contributed by atoms with Crippen LogP contribution in [0, 0.1) is 5.92 Å². The molecule has 7 nitrogen and oxygen atoms in total. The first-order chi connectivity index (χ1) is 12.0. The normalized spacial score (nSPS) is 25.8. The highest BCUT2D eigenvalue weighted by molar-refractivity contribution is 6.00. The molecule has 2 saturated heterocycles. The van der Waals surface area contributed by atoms with Crippen molar-refractivity contribution in [3.8, 4) is 0 Å². The molecule has 0 aromatic heterocycles. The Morgan fingerprint density at radius 3 is 2.40 bits per heavy atom. The van der Waals surface area contributed by atoms with E-state index in [1.54, 1.807) is 4.90 Å². The molecule has 2 aliphatic heterocycles. The van der Waals surface area contributed by atoms with Gasteiger partial charge in [-0.2, -0.15) is 0 Å². The van der Waals surface area contributed by atoms with Crippen LogP contribution < -0.4 is 16.0 Å². The predicted octanol–water partition coefficient (Wildman–Crippen LogP) is 1.90. The van der Waals surface area contributed by atoms with Crippen molar-refractivity contribution >= 4 is 18.0 Å². The minimum atomic E-state index is -0.627. The summed E-state index contributed by atoms with van der Waals surface area (Å²) in [6.07, 6.45) is 2.02. The molecule has 5 amide bonds. The van der Waals surface area contributed by atoms with Gasteiger partial charge in [0.05, 0.1) is 6.04 Å². The van der Waals surface area contributed by atoms with E-state index in [4.69, 9.17) is 0 Å². The Labute approximate surface area is 147 Å². The van der Waals surface area contributed by atoms with Crippen molar-refractivity contribution in [3.63, 3.8) is 0 Å². The van der Waals surface area contributed by atoms with Gasteiger partial charge in [0.2, 0.25) is 5.91 Å². The molecule has 0 saturated carbocycles. The molecular weight excluding hydrogens is 320 g/mol. The van der Waals surface area contributed by atoms with E-state index in [2.05, 4.69) is 22.9 Å². The molecule has 2 heterocycles. The van der Waals surface area contributed by atoms with Gasteiger partial charge in [0.1, 0.15) is 12.1 Å². The number of nitrogens with one attached hydrogen (secondary N) is 3. The second-order valence-corrected chi connectivity index (χ2v) is 6.50. The number of rotatable bonds is 5. The zero-order valence-electron chi connectivity index (χ0n) is 14.5. The summed E-state index contributed by atoms with van der Waals surface area (Å²) in [5.41, 5.74) is 2.05. The Morgan fingerprint density at radius 1 is 1.04 bits per heavy atom. The maximum Gasteiger partial charge on any atom is 0.325 e. The summed E-state index contributed by atoms with van der Waals surface area (Å²) >= 11 is 0. The molecule has 2 aliphatic rings. The number of urea groups is 2. The van der Waals surface area contributed by atoms with Gasteiger partial charge >= 0.3 is 12.1 Å². The van der Waals surface area contributed by atoms with Gasteiger partial charge in [0, 0.05) is 6.54 Å². The van der Waals surface area contributed by atoms with Gasteiger partial charge < -0.3 is 15.5 Å². The zero-order valence-corrected chi connectivity index (χ0v) is 14.5. The standard InChI is InChI=1S/C18H24N4O3/c1-3-5-10-22-15-13(16(23)21-18(22)25)14(19-17(24)20-15)12-8-6-11(4-2)7-9-12/h6-9,13-15H,3-5,10H2,1-2H3,(H2,19,20,24)(H,21,23,25). The summed E-state index contributed by atoms with van der Waals surface area (Å²) < 4.78 is 0. The first-order valence-electron chi connectivity index (χ1n) is 8.82. The summed E-state index contributed by atoms with van der Waals surface area (Å²) in [6, 6.07) is 6.59. The Kier molecular flexibility index (Phi) is 4.92. The van der Waals surface area contributed by atoms with E-state index < -0.39 is 24.2 Å². The quantitative estimate of drug-likeness (QED) is 0.762. The Hall–Kier alpha value is -2.57. The number of hydrogen-bond acceptors (Lipinski definition) is 3. The molecular formula is C18H24N4O3. The largest absolute Gasteiger partial charge is 0.330 e. The summed E-state index contributed by atoms with van der Waals surface area (Å²) in [7, 11) is 0. The van der Waals surface area contributed by atoms with Crippen molar-refractivity contribution in [3.05, 3.63) is 35.4 Å². The molecule has 25 heavy (non-hydrogen) atoms. The molecule has 0 spiro atoms. The van der Waals surface area contributed by atoms with Crippen LogP contribution in [0.15, 0.2) is 24.3 Å². The number of nitrogens with zero attached hydrogens (tertiary/aromatic N) is 1. The fraction of sp³-hybridized carbons (Fsp3) is 0.500. The molecule has 134 valence electrons. The molecule has 3 N–H and O–H groups in total. The average Bonchev–Trinajstić information content (AvgIpc) is 2.60. The van der Waals surface area contributed by atoms with E-state index in [1.165, 1.54) is 5.56 Å². The number of aryl methyl sites for hydroxylation is 1. The fourth-order valence-electron chi connectivity index (χ4n) is 3.45. The van der Waals surface area contributed by atoms with Crippen molar-refractivity contribution in [2.24, 2.45) is 5.92 Å². The number of fused-ring (bicyclic) bond motifs is 1. The number of unbranched alkanes of at least 4 members (excludes halogenated alkanes) is 1. The summed E-state index contributed by atoms with van der Waals surface area (Å²) in [5.74, 6) is -0.931. The van der Waals surface area contributed by atoms with Crippen LogP contribution in [0.1, 0.15) is 43.9 Å². The lowest BCUT2D eigenvalue weighted by atomic mass is 9.85. The Morgan fingerprint density at radius 2 is 1.76 bits per heavy atom. The van der Waals surface area contributed by atoms with Crippen molar-refractivity contribution in [2.75, 3.05) is 6.54 Å². The lowest BCUT2D eigenvalue weighted by molar-refractivity contribution is -0.130. The van der Waals surface area contributed by atoms with Crippen molar-refractivity contribution in [1.29, 1.82) is 0 Å². The third kappa shape index (κ3) is 3.31. The lowest BCUT2D eigenvalue weighted by Crippen LogP contribution is -2.72. The van der Waals surface area contributed by atoms with Crippen LogP contribution in [0.3, 0.4) is 0 Å². The van der Waals surface area contributed by atoms with Crippen molar-refractivity contribution in [2.45, 2.75) is 45.3 Å². The lowest BCUT2D eigenvalue weighted by Gasteiger charge is -2.46. The van der Waals surface area contributed by atoms with Gasteiger partial charge in [-0.1, -0.05) is 44.5 Å². The van der Waals surface area contributed by atoms with Crippen LogP contribution in [0.4, 0.5) is 9.59 Å². The first kappa shape index (κ1) is 17.3. The van der Waals surface area contributed by atoms with E-state index in [1.807, 2.05) is 31.2 Å². The van der Waals surface area contributed by atoms with Gasteiger partial charge in [0.25, 0.3) is 0 Å². The topological polar surface area (TPSA) is 90.5 Å². The van der Waals surface area contributed by atoms with E-state index in [9.17, 15) is 14.4 Å². The molecule has 3 atom stereocenters. The Bertz CT molecular complexity index is 673. The van der Waals surface area contributed by atoms with E-state index in [-0.39, 0.29) is 11.9 Å². The second kappa shape index (κ2) is 7.13. The number of benzene rings is 1. The van der Waals surface area contributed by atoms with Crippen molar-refractivity contribution in [1.82, 2.24) is 20.9 Å². The van der Waals surface area contributed by atoms with E-state index in [0.29, 0.717) is 6.54 Å². The molecule has 1 aromatic rings. The number of hydrogen-bond donors (Lipinski definition) is 3. The fourth-order valence-corrected chi connectivity index (χ4v) is 3.45. The maximum absolute atomic E-state index is 12.5. The number of carbonyl (C=O) groups is 3. The SMILES string of the molecule is CCCCN1C(=O)NC(=O)C2C(c3ccc(CC)cc3)NC(=O)NC21. The average molecular weight is 344 g/mol. The summed E-state index contributed by atoms with van der Waals surface area (Å²) in [6.45, 7) is 4.60.